The molecule has 2 aliphatic rings. The summed E-state index contributed by atoms with van der Waals surface area (Å²) in [6.07, 6.45) is 3.54. The third-order valence-electron chi connectivity index (χ3n) is 6.62. The number of carbonyl (C=O) groups is 1. The van der Waals surface area contributed by atoms with E-state index >= 15 is 0 Å². The Labute approximate surface area is 163 Å². The molecule has 0 aromatic heterocycles. The zero-order valence-corrected chi connectivity index (χ0v) is 18.0. The highest BCUT2D eigenvalue weighted by atomic mass is 17.3. The van der Waals surface area contributed by atoms with Crippen LogP contribution in [0.4, 0.5) is 0 Å². The lowest BCUT2D eigenvalue weighted by molar-refractivity contribution is -0.454. The summed E-state index contributed by atoms with van der Waals surface area (Å²) in [6.45, 7) is 15.0. The van der Waals surface area contributed by atoms with E-state index in [0.29, 0.717) is 6.42 Å². The number of hydrogen-bond donors (Lipinski definition) is 0. The first-order chi connectivity index (χ1) is 12.1. The van der Waals surface area contributed by atoms with Crippen molar-refractivity contribution in [1.82, 2.24) is 10.1 Å². The average Bonchev–Trinajstić information content (AvgIpc) is 2.52. The standard InChI is InChI=1S/C20H34N3O4/c1-16(2)12-13-20(14-21,19(7,8)22(16)25)15(24)26-27-23-17(3,4)10-9-11-18(23,5)6/h9-13H2,1-8H3. The smallest absolute Gasteiger partial charge is 0.278 e. The second kappa shape index (κ2) is 6.70. The molecule has 27 heavy (non-hydrogen) atoms. The Hall–Kier alpha value is -1.20. The average molecular weight is 381 g/mol. The fraction of sp³-hybridized carbons (Fsp3) is 0.900. The molecule has 0 aromatic rings. The van der Waals surface area contributed by atoms with Crippen molar-refractivity contribution in [3.63, 3.8) is 0 Å². The third kappa shape index (κ3) is 3.49. The van der Waals surface area contributed by atoms with Gasteiger partial charge in [-0.15, -0.1) is 15.3 Å². The summed E-state index contributed by atoms with van der Waals surface area (Å²) in [4.78, 5) is 23.8. The van der Waals surface area contributed by atoms with Crippen molar-refractivity contribution in [2.24, 2.45) is 5.41 Å². The van der Waals surface area contributed by atoms with Crippen LogP contribution >= 0.6 is 0 Å². The van der Waals surface area contributed by atoms with Crippen LogP contribution in [-0.2, 0) is 19.9 Å². The molecular formula is C20H34N3O4. The summed E-state index contributed by atoms with van der Waals surface area (Å²) in [5, 5.41) is 25.3. The molecule has 2 fully saturated rings. The van der Waals surface area contributed by atoms with Crippen LogP contribution in [0.15, 0.2) is 0 Å². The zero-order chi connectivity index (χ0) is 20.9. The van der Waals surface area contributed by atoms with Gasteiger partial charge in [0.1, 0.15) is 0 Å². The van der Waals surface area contributed by atoms with Crippen LogP contribution in [0.5, 0.6) is 0 Å². The molecule has 2 saturated heterocycles. The van der Waals surface area contributed by atoms with Crippen molar-refractivity contribution in [1.29, 1.82) is 5.26 Å². The first kappa shape index (κ1) is 22.1. The van der Waals surface area contributed by atoms with Gasteiger partial charge >= 0.3 is 5.97 Å². The molecule has 7 nitrogen and oxygen atoms in total. The number of piperidine rings is 2. The van der Waals surface area contributed by atoms with E-state index in [-0.39, 0.29) is 17.5 Å². The summed E-state index contributed by atoms with van der Waals surface area (Å²) in [7, 11) is 0. The topological polar surface area (TPSA) is 85.7 Å². The van der Waals surface area contributed by atoms with Crippen molar-refractivity contribution in [2.45, 2.75) is 110 Å². The molecule has 7 heteroatoms. The maximum Gasteiger partial charge on any atom is 0.366 e. The molecule has 0 aromatic carbocycles. The highest BCUT2D eigenvalue weighted by molar-refractivity contribution is 5.81. The molecule has 1 radical (unpaired) electrons. The minimum atomic E-state index is -1.59. The lowest BCUT2D eigenvalue weighted by Gasteiger charge is -2.53. The Morgan fingerprint density at radius 2 is 1.41 bits per heavy atom. The van der Waals surface area contributed by atoms with Crippen LogP contribution in [0.3, 0.4) is 0 Å². The molecular weight excluding hydrogens is 346 g/mol. The molecule has 153 valence electrons. The van der Waals surface area contributed by atoms with Crippen LogP contribution < -0.4 is 0 Å². The molecule has 0 aliphatic carbocycles. The molecule has 1 atom stereocenters. The maximum atomic E-state index is 13.0. The van der Waals surface area contributed by atoms with Crippen LogP contribution in [0, 0.1) is 16.7 Å². The fourth-order valence-corrected chi connectivity index (χ4v) is 4.74. The van der Waals surface area contributed by atoms with E-state index in [4.69, 9.17) is 9.88 Å². The second-order valence-electron chi connectivity index (χ2n) is 10.4. The van der Waals surface area contributed by atoms with Crippen LogP contribution in [0.1, 0.15) is 87.5 Å². The predicted octanol–water partition coefficient (Wildman–Crippen LogP) is 3.93. The quantitative estimate of drug-likeness (QED) is 0.545. The maximum absolute atomic E-state index is 13.0. The van der Waals surface area contributed by atoms with Gasteiger partial charge in [-0.25, -0.2) is 4.79 Å². The number of carbonyl (C=O) groups excluding carboxylic acids is 1. The predicted molar refractivity (Wildman–Crippen MR) is 99.0 cm³/mol. The lowest BCUT2D eigenvalue weighted by atomic mass is 9.63. The second-order valence-corrected chi connectivity index (χ2v) is 10.4. The Morgan fingerprint density at radius 3 is 1.89 bits per heavy atom. The molecule has 1 unspecified atom stereocenters. The molecule has 0 bridgehead atoms. The van der Waals surface area contributed by atoms with Crippen molar-refractivity contribution in [3.8, 4) is 6.07 Å². The fourth-order valence-electron chi connectivity index (χ4n) is 4.74. The minimum Gasteiger partial charge on any atom is -0.278 e. The highest BCUT2D eigenvalue weighted by Crippen LogP contribution is 2.50. The van der Waals surface area contributed by atoms with Gasteiger partial charge in [-0.2, -0.15) is 5.26 Å². The Morgan fingerprint density at radius 1 is 0.889 bits per heavy atom. The van der Waals surface area contributed by atoms with Crippen molar-refractivity contribution in [3.05, 3.63) is 0 Å². The summed E-state index contributed by atoms with van der Waals surface area (Å²) in [5.74, 6) is -0.802. The van der Waals surface area contributed by atoms with Crippen molar-refractivity contribution in [2.75, 3.05) is 0 Å². The first-order valence-electron chi connectivity index (χ1n) is 9.72. The van der Waals surface area contributed by atoms with E-state index in [2.05, 4.69) is 6.07 Å². The minimum absolute atomic E-state index is 0.247. The Bertz CT molecular complexity index is 620. The molecule has 0 amide bonds. The molecule has 2 rings (SSSR count). The van der Waals surface area contributed by atoms with Gasteiger partial charge in [0.15, 0.2) is 5.41 Å². The number of hydroxylamine groups is 4. The normalized spacial score (nSPS) is 32.4. The van der Waals surface area contributed by atoms with E-state index in [0.717, 1.165) is 24.3 Å². The van der Waals surface area contributed by atoms with E-state index in [1.165, 1.54) is 0 Å². The number of hydrogen-bond acceptors (Lipinski definition) is 6. The highest BCUT2D eigenvalue weighted by Gasteiger charge is 2.63. The molecule has 0 N–H and O–H groups in total. The summed E-state index contributed by atoms with van der Waals surface area (Å²) < 4.78 is 0. The van der Waals surface area contributed by atoms with Gasteiger partial charge < -0.3 is 0 Å². The Kier molecular flexibility index (Phi) is 5.48. The van der Waals surface area contributed by atoms with Crippen molar-refractivity contribution < 1.29 is 19.9 Å². The summed E-state index contributed by atoms with van der Waals surface area (Å²) >= 11 is 0. The SMILES string of the molecule is CC1(C)CCCC(C)(C)N1OOC(=O)C1(C#N)CCC(C)(C)N([O])C1(C)C. The van der Waals surface area contributed by atoms with E-state index < -0.39 is 22.5 Å². The number of nitriles is 1. The van der Waals surface area contributed by atoms with Gasteiger partial charge in [-0.3, -0.25) is 4.89 Å². The van der Waals surface area contributed by atoms with Gasteiger partial charge in [-0.1, -0.05) is 4.99 Å². The van der Waals surface area contributed by atoms with Crippen molar-refractivity contribution >= 4 is 5.97 Å². The third-order valence-corrected chi connectivity index (χ3v) is 6.62. The van der Waals surface area contributed by atoms with Gasteiger partial charge in [0.2, 0.25) is 0 Å². The summed E-state index contributed by atoms with van der Waals surface area (Å²) in [5.41, 5.74) is -4.10. The Balaban J connectivity index is 2.24. The molecule has 2 heterocycles. The first-order valence-corrected chi connectivity index (χ1v) is 9.72. The molecule has 0 saturated carbocycles. The van der Waals surface area contributed by atoms with Gasteiger partial charge in [0, 0.05) is 16.6 Å². The number of rotatable bonds is 3. The van der Waals surface area contributed by atoms with E-state index in [1.54, 1.807) is 18.9 Å². The monoisotopic (exact) mass is 380 g/mol. The number of nitrogens with zero attached hydrogens (tertiary/aromatic N) is 3. The molecule has 2 aliphatic heterocycles. The van der Waals surface area contributed by atoms with Gasteiger partial charge in [-0.05, 0) is 87.5 Å². The molecule has 0 spiro atoms. The summed E-state index contributed by atoms with van der Waals surface area (Å²) in [6, 6.07) is 2.09. The van der Waals surface area contributed by atoms with Crippen LogP contribution in [0.2, 0.25) is 0 Å². The van der Waals surface area contributed by atoms with Crippen LogP contribution in [0.25, 0.3) is 0 Å². The van der Waals surface area contributed by atoms with Gasteiger partial charge in [0.25, 0.3) is 0 Å². The van der Waals surface area contributed by atoms with E-state index in [1.807, 2.05) is 41.5 Å². The lowest BCUT2D eigenvalue weighted by Crippen LogP contribution is -2.67. The van der Waals surface area contributed by atoms with E-state index in [9.17, 15) is 15.3 Å². The van der Waals surface area contributed by atoms with Crippen LogP contribution in [-0.4, -0.2) is 38.3 Å². The van der Waals surface area contributed by atoms with Gasteiger partial charge in [0.05, 0.1) is 11.6 Å². The zero-order valence-electron chi connectivity index (χ0n) is 18.0. The largest absolute Gasteiger partial charge is 0.366 e.